The molecule has 0 aliphatic rings. The van der Waals surface area contributed by atoms with E-state index in [-0.39, 0.29) is 11.8 Å². The maximum Gasteiger partial charge on any atom is 0.355 e. The molecule has 0 spiro atoms. The quantitative estimate of drug-likeness (QED) is 0.819. The van der Waals surface area contributed by atoms with E-state index in [1.807, 2.05) is 13.8 Å². The molecule has 0 saturated heterocycles. The third-order valence-corrected chi connectivity index (χ3v) is 1.84. The van der Waals surface area contributed by atoms with Crippen molar-refractivity contribution in [2.75, 3.05) is 0 Å². The Kier molecular flexibility index (Phi) is 4.31. The SMILES string of the molecule is CC.CC(C)OC(=O)c1cc2oc(F)cc2[nH]1. The second-order valence-corrected chi connectivity index (χ2v) is 3.47. The molecule has 2 aromatic heterocycles. The van der Waals surface area contributed by atoms with Gasteiger partial charge in [-0.2, -0.15) is 4.39 Å². The lowest BCUT2D eigenvalue weighted by Crippen LogP contribution is -2.11. The van der Waals surface area contributed by atoms with Gasteiger partial charge in [0.1, 0.15) is 5.69 Å². The largest absolute Gasteiger partial charge is 0.458 e. The zero-order valence-corrected chi connectivity index (χ0v) is 10.3. The van der Waals surface area contributed by atoms with Crippen LogP contribution >= 0.6 is 0 Å². The van der Waals surface area contributed by atoms with Crippen LogP contribution in [0.15, 0.2) is 16.5 Å². The molecule has 0 bridgehead atoms. The number of hydrogen-bond donors (Lipinski definition) is 1. The second kappa shape index (κ2) is 5.52. The van der Waals surface area contributed by atoms with Crippen LogP contribution in [0.1, 0.15) is 38.2 Å². The first-order chi connectivity index (χ1) is 8.06. The van der Waals surface area contributed by atoms with Crippen LogP contribution in [0, 0.1) is 6.01 Å². The van der Waals surface area contributed by atoms with Crippen molar-refractivity contribution in [3.05, 3.63) is 23.8 Å². The maximum absolute atomic E-state index is 12.6. The fraction of sp³-hybridized carbons (Fsp3) is 0.417. The van der Waals surface area contributed by atoms with E-state index in [1.54, 1.807) is 13.8 Å². The molecule has 17 heavy (non-hydrogen) atoms. The summed E-state index contributed by atoms with van der Waals surface area (Å²) in [5, 5.41) is 0. The highest BCUT2D eigenvalue weighted by Gasteiger charge is 2.15. The van der Waals surface area contributed by atoms with E-state index in [9.17, 15) is 9.18 Å². The summed E-state index contributed by atoms with van der Waals surface area (Å²) in [4.78, 5) is 14.1. The van der Waals surface area contributed by atoms with Gasteiger partial charge in [0.05, 0.1) is 11.6 Å². The van der Waals surface area contributed by atoms with Gasteiger partial charge in [-0.15, -0.1) is 0 Å². The number of nitrogens with one attached hydrogen (secondary N) is 1. The third-order valence-electron chi connectivity index (χ3n) is 1.84. The molecule has 2 rings (SSSR count). The van der Waals surface area contributed by atoms with E-state index in [2.05, 4.69) is 4.98 Å². The highest BCUT2D eigenvalue weighted by molar-refractivity contribution is 5.93. The Morgan fingerprint density at radius 3 is 2.59 bits per heavy atom. The number of carbonyl (C=O) groups is 1. The summed E-state index contributed by atoms with van der Waals surface area (Å²) in [7, 11) is 0. The molecule has 0 fully saturated rings. The van der Waals surface area contributed by atoms with Crippen LogP contribution < -0.4 is 0 Å². The van der Waals surface area contributed by atoms with Crippen LogP contribution in [0.3, 0.4) is 0 Å². The molecule has 4 nitrogen and oxygen atoms in total. The van der Waals surface area contributed by atoms with Crippen LogP contribution in [-0.4, -0.2) is 17.1 Å². The molecule has 2 aromatic rings. The zero-order valence-electron chi connectivity index (χ0n) is 10.3. The Hall–Kier alpha value is -1.78. The number of carbonyl (C=O) groups excluding carboxylic acids is 1. The Bertz CT molecular complexity index is 467. The smallest absolute Gasteiger partial charge is 0.355 e. The number of aromatic nitrogens is 1. The molecule has 0 aromatic carbocycles. The van der Waals surface area contributed by atoms with Crippen LogP contribution in [0.4, 0.5) is 4.39 Å². The lowest BCUT2D eigenvalue weighted by atomic mass is 10.4. The number of hydrogen-bond acceptors (Lipinski definition) is 3. The van der Waals surface area contributed by atoms with Crippen molar-refractivity contribution in [3.8, 4) is 0 Å². The minimum absolute atomic E-state index is 0.191. The van der Waals surface area contributed by atoms with E-state index >= 15 is 0 Å². The average Bonchev–Trinajstić information content (AvgIpc) is 2.76. The van der Waals surface area contributed by atoms with E-state index in [1.165, 1.54) is 12.1 Å². The summed E-state index contributed by atoms with van der Waals surface area (Å²) in [6, 6.07) is 1.92. The molecule has 2 heterocycles. The number of esters is 1. The standard InChI is InChI=1S/C10H10FNO3.C2H6/c1-5(2)14-10(13)7-3-8-6(12-7)4-9(11)15-8;1-2/h3-5,12H,1-2H3;1-2H3. The number of furan rings is 1. The minimum Gasteiger partial charge on any atom is -0.458 e. The minimum atomic E-state index is -0.681. The van der Waals surface area contributed by atoms with Crippen LogP contribution in [0.25, 0.3) is 11.1 Å². The van der Waals surface area contributed by atoms with Crippen molar-refractivity contribution in [3.63, 3.8) is 0 Å². The highest BCUT2D eigenvalue weighted by Crippen LogP contribution is 2.19. The van der Waals surface area contributed by atoms with Crippen LogP contribution in [-0.2, 0) is 4.74 Å². The van der Waals surface area contributed by atoms with Crippen LogP contribution in [0.5, 0.6) is 0 Å². The van der Waals surface area contributed by atoms with Gasteiger partial charge >= 0.3 is 5.97 Å². The summed E-state index contributed by atoms with van der Waals surface area (Å²) >= 11 is 0. The Morgan fingerprint density at radius 1 is 1.41 bits per heavy atom. The number of halogens is 1. The first-order valence-electron chi connectivity index (χ1n) is 5.55. The van der Waals surface area contributed by atoms with Gasteiger partial charge in [-0.1, -0.05) is 13.8 Å². The van der Waals surface area contributed by atoms with Crippen molar-refractivity contribution in [1.29, 1.82) is 0 Å². The molecule has 5 heteroatoms. The summed E-state index contributed by atoms with van der Waals surface area (Å²) in [5.41, 5.74) is 1.02. The molecule has 94 valence electrons. The molecular weight excluding hydrogens is 225 g/mol. The topological polar surface area (TPSA) is 55.2 Å². The van der Waals surface area contributed by atoms with Gasteiger partial charge in [0.2, 0.25) is 0 Å². The molecular formula is C12H16FNO3. The van der Waals surface area contributed by atoms with Crippen LogP contribution in [0.2, 0.25) is 0 Å². The van der Waals surface area contributed by atoms with Gasteiger partial charge in [-0.05, 0) is 13.8 Å². The number of fused-ring (bicyclic) bond motifs is 1. The summed E-state index contributed by atoms with van der Waals surface area (Å²) in [5.74, 6) is -0.475. The predicted molar refractivity (Wildman–Crippen MR) is 62.4 cm³/mol. The molecule has 0 amide bonds. The average molecular weight is 241 g/mol. The van der Waals surface area contributed by atoms with Gasteiger partial charge in [0.15, 0.2) is 5.58 Å². The summed E-state index contributed by atoms with van der Waals surface area (Å²) in [6.45, 7) is 7.51. The summed E-state index contributed by atoms with van der Waals surface area (Å²) in [6.07, 6.45) is -0.191. The van der Waals surface area contributed by atoms with Gasteiger partial charge in [0, 0.05) is 12.1 Å². The summed E-state index contributed by atoms with van der Waals surface area (Å²) < 4.78 is 22.3. The molecule has 0 unspecified atom stereocenters. The maximum atomic E-state index is 12.6. The lowest BCUT2D eigenvalue weighted by molar-refractivity contribution is 0.0372. The Balaban J connectivity index is 0.000000686. The number of aromatic amines is 1. The van der Waals surface area contributed by atoms with E-state index in [0.29, 0.717) is 11.1 Å². The van der Waals surface area contributed by atoms with Crippen molar-refractivity contribution in [2.24, 2.45) is 0 Å². The first-order valence-corrected chi connectivity index (χ1v) is 5.55. The van der Waals surface area contributed by atoms with Crippen molar-refractivity contribution in [1.82, 2.24) is 4.98 Å². The van der Waals surface area contributed by atoms with E-state index in [0.717, 1.165) is 0 Å². The van der Waals surface area contributed by atoms with Gasteiger partial charge in [0.25, 0.3) is 6.01 Å². The molecule has 0 aliphatic carbocycles. The van der Waals surface area contributed by atoms with Gasteiger partial charge in [-0.25, -0.2) is 4.79 Å². The van der Waals surface area contributed by atoms with Crippen molar-refractivity contribution < 1.29 is 18.3 Å². The highest BCUT2D eigenvalue weighted by atomic mass is 19.1. The fourth-order valence-electron chi connectivity index (χ4n) is 1.28. The predicted octanol–water partition coefficient (Wildman–Crippen LogP) is 3.49. The van der Waals surface area contributed by atoms with Gasteiger partial charge < -0.3 is 14.1 Å². The van der Waals surface area contributed by atoms with Gasteiger partial charge in [-0.3, -0.25) is 0 Å². The second-order valence-electron chi connectivity index (χ2n) is 3.47. The van der Waals surface area contributed by atoms with Crippen molar-refractivity contribution in [2.45, 2.75) is 33.8 Å². The number of ether oxygens (including phenoxy) is 1. The molecule has 0 aliphatic heterocycles. The fourth-order valence-corrected chi connectivity index (χ4v) is 1.28. The first kappa shape index (κ1) is 13.3. The normalized spacial score (nSPS) is 10.2. The molecule has 0 radical (unpaired) electrons. The zero-order chi connectivity index (χ0) is 13.0. The Morgan fingerprint density at radius 2 is 2.06 bits per heavy atom. The Labute approximate surface area is 98.8 Å². The molecule has 1 N–H and O–H groups in total. The van der Waals surface area contributed by atoms with E-state index < -0.39 is 12.0 Å². The lowest BCUT2D eigenvalue weighted by Gasteiger charge is -2.05. The monoisotopic (exact) mass is 241 g/mol. The molecule has 0 atom stereocenters. The number of H-pyrrole nitrogens is 1. The molecule has 0 saturated carbocycles. The van der Waals surface area contributed by atoms with E-state index in [4.69, 9.17) is 9.15 Å². The number of rotatable bonds is 2. The third kappa shape index (κ3) is 3.09. The van der Waals surface area contributed by atoms with Crippen molar-refractivity contribution >= 4 is 17.1 Å².